The maximum atomic E-state index is 12.8. The molecule has 2 aromatic carbocycles. The first-order valence-corrected chi connectivity index (χ1v) is 14.3. The van der Waals surface area contributed by atoms with Gasteiger partial charge in [0, 0.05) is 76.7 Å². The molecule has 0 aliphatic carbocycles. The summed E-state index contributed by atoms with van der Waals surface area (Å²) in [6, 6.07) is 20.4. The van der Waals surface area contributed by atoms with Crippen LogP contribution in [-0.4, -0.2) is 78.6 Å². The summed E-state index contributed by atoms with van der Waals surface area (Å²) in [5.74, 6) is 2.11. The summed E-state index contributed by atoms with van der Waals surface area (Å²) in [6.07, 6.45) is 9.41. The van der Waals surface area contributed by atoms with Crippen LogP contribution in [0.3, 0.4) is 0 Å². The fourth-order valence-electron chi connectivity index (χ4n) is 5.41. The molecule has 0 bridgehead atoms. The average molecular weight is 541 g/mol. The maximum absolute atomic E-state index is 12.8. The lowest BCUT2D eigenvalue weighted by molar-refractivity contribution is -0.127. The molecule has 2 fully saturated rings. The van der Waals surface area contributed by atoms with Gasteiger partial charge in [-0.2, -0.15) is 0 Å². The summed E-state index contributed by atoms with van der Waals surface area (Å²) in [5.41, 5.74) is 3.57. The molecule has 2 aliphatic rings. The molecular formula is C33H40N4O3. The normalized spacial score (nSPS) is 18.6. The fraction of sp³-hybridized carbons (Fsp3) is 0.394. The number of hydrogen-bond acceptors (Lipinski definition) is 6. The van der Waals surface area contributed by atoms with Crippen molar-refractivity contribution in [3.63, 3.8) is 0 Å². The van der Waals surface area contributed by atoms with Crippen molar-refractivity contribution in [3.05, 3.63) is 95.8 Å². The number of likely N-dealkylation sites (tertiary alicyclic amines) is 1. The highest BCUT2D eigenvalue weighted by Crippen LogP contribution is 2.21. The molecule has 1 amide bonds. The van der Waals surface area contributed by atoms with Gasteiger partial charge < -0.3 is 14.4 Å². The number of aromatic nitrogens is 1. The molecule has 7 heteroatoms. The van der Waals surface area contributed by atoms with E-state index in [9.17, 15) is 4.79 Å². The second-order valence-electron chi connectivity index (χ2n) is 10.8. The third-order valence-corrected chi connectivity index (χ3v) is 7.77. The predicted octanol–water partition coefficient (Wildman–Crippen LogP) is 4.74. The molecule has 0 N–H and O–H groups in total. The van der Waals surface area contributed by atoms with Crippen LogP contribution in [0.25, 0.3) is 6.08 Å². The Bertz CT molecular complexity index is 1220. The SMILES string of the molecule is COc1ccc(/C=C/C(=O)N2CCC[C@@H](COc3ccc(CN4CCN(Cc5cccnc5)CC4)cc3)C2)cc1. The zero-order valence-corrected chi connectivity index (χ0v) is 23.5. The number of benzene rings is 2. The molecule has 3 aromatic rings. The summed E-state index contributed by atoms with van der Waals surface area (Å²) in [4.78, 5) is 24.0. The molecule has 0 radical (unpaired) electrons. The number of nitrogens with zero attached hydrogens (tertiary/aromatic N) is 4. The van der Waals surface area contributed by atoms with E-state index in [1.54, 1.807) is 13.2 Å². The van der Waals surface area contributed by atoms with Crippen LogP contribution in [0.4, 0.5) is 0 Å². The zero-order chi connectivity index (χ0) is 27.6. The lowest BCUT2D eigenvalue weighted by Gasteiger charge is -2.34. The number of carbonyl (C=O) groups is 1. The van der Waals surface area contributed by atoms with Gasteiger partial charge in [0.25, 0.3) is 0 Å². The van der Waals surface area contributed by atoms with E-state index in [4.69, 9.17) is 9.47 Å². The lowest BCUT2D eigenvalue weighted by Crippen LogP contribution is -2.45. The Hall–Kier alpha value is -3.68. The van der Waals surface area contributed by atoms with Crippen molar-refractivity contribution in [2.45, 2.75) is 25.9 Å². The Balaban J connectivity index is 1.02. The molecular weight excluding hydrogens is 500 g/mol. The van der Waals surface area contributed by atoms with E-state index >= 15 is 0 Å². The van der Waals surface area contributed by atoms with Crippen molar-refractivity contribution in [2.24, 2.45) is 5.92 Å². The fourth-order valence-corrected chi connectivity index (χ4v) is 5.41. The molecule has 2 aliphatic heterocycles. The quantitative estimate of drug-likeness (QED) is 0.347. The smallest absolute Gasteiger partial charge is 0.246 e. The minimum Gasteiger partial charge on any atom is -0.497 e. The van der Waals surface area contributed by atoms with Gasteiger partial charge in [0.15, 0.2) is 0 Å². The summed E-state index contributed by atoms with van der Waals surface area (Å²) < 4.78 is 11.3. The van der Waals surface area contributed by atoms with Crippen LogP contribution in [0.15, 0.2) is 79.1 Å². The molecule has 7 nitrogen and oxygen atoms in total. The average Bonchev–Trinajstić information content (AvgIpc) is 3.01. The minimum absolute atomic E-state index is 0.0581. The zero-order valence-electron chi connectivity index (χ0n) is 23.5. The highest BCUT2D eigenvalue weighted by atomic mass is 16.5. The van der Waals surface area contributed by atoms with Crippen molar-refractivity contribution >= 4 is 12.0 Å². The third-order valence-electron chi connectivity index (χ3n) is 7.77. The number of pyridine rings is 1. The number of methoxy groups -OCH3 is 1. The van der Waals surface area contributed by atoms with Crippen molar-refractivity contribution < 1.29 is 14.3 Å². The first-order chi connectivity index (χ1) is 19.6. The van der Waals surface area contributed by atoms with Gasteiger partial charge in [0.2, 0.25) is 5.91 Å². The number of rotatable bonds is 10. The van der Waals surface area contributed by atoms with Crippen LogP contribution in [0.2, 0.25) is 0 Å². The largest absolute Gasteiger partial charge is 0.497 e. The highest BCUT2D eigenvalue weighted by molar-refractivity contribution is 5.91. The standard InChI is InChI=1S/C33H40N4O3/c1-39-31-11-6-27(7-12-31)10-15-33(38)37-17-3-5-30(25-37)26-40-32-13-8-28(9-14-32)23-35-18-20-36(21-19-35)24-29-4-2-16-34-22-29/h2,4,6-16,22,30H,3,5,17-21,23-26H2,1H3/b15-10+/t30-/m1/s1. The molecule has 1 atom stereocenters. The Morgan fingerprint density at radius 3 is 2.27 bits per heavy atom. The number of piperidine rings is 1. The van der Waals surface area contributed by atoms with Crippen molar-refractivity contribution in [3.8, 4) is 11.5 Å². The summed E-state index contributed by atoms with van der Waals surface area (Å²) in [6.45, 7) is 8.40. The van der Waals surface area contributed by atoms with Crippen LogP contribution >= 0.6 is 0 Å². The Morgan fingerprint density at radius 2 is 1.60 bits per heavy atom. The maximum Gasteiger partial charge on any atom is 0.246 e. The second kappa shape index (κ2) is 14.1. The molecule has 2 saturated heterocycles. The van der Waals surface area contributed by atoms with Crippen LogP contribution in [-0.2, 0) is 17.9 Å². The van der Waals surface area contributed by atoms with Crippen LogP contribution in [0.5, 0.6) is 11.5 Å². The van der Waals surface area contributed by atoms with Gasteiger partial charge in [-0.3, -0.25) is 19.6 Å². The van der Waals surface area contributed by atoms with E-state index in [0.717, 1.165) is 82.3 Å². The molecule has 1 aromatic heterocycles. The van der Waals surface area contributed by atoms with E-state index in [1.807, 2.05) is 53.7 Å². The molecule has 0 saturated carbocycles. The van der Waals surface area contributed by atoms with E-state index in [-0.39, 0.29) is 5.91 Å². The van der Waals surface area contributed by atoms with E-state index in [0.29, 0.717) is 12.5 Å². The molecule has 40 heavy (non-hydrogen) atoms. The first kappa shape index (κ1) is 27.9. The summed E-state index contributed by atoms with van der Waals surface area (Å²) >= 11 is 0. The number of hydrogen-bond donors (Lipinski definition) is 0. The van der Waals surface area contributed by atoms with E-state index in [2.05, 4.69) is 45.1 Å². The van der Waals surface area contributed by atoms with Crippen LogP contribution in [0.1, 0.15) is 29.5 Å². The van der Waals surface area contributed by atoms with Crippen molar-refractivity contribution in [1.82, 2.24) is 19.7 Å². The van der Waals surface area contributed by atoms with Gasteiger partial charge in [-0.05, 0) is 65.9 Å². The van der Waals surface area contributed by atoms with Gasteiger partial charge in [-0.25, -0.2) is 0 Å². The van der Waals surface area contributed by atoms with Gasteiger partial charge in [-0.1, -0.05) is 30.3 Å². The van der Waals surface area contributed by atoms with Gasteiger partial charge in [-0.15, -0.1) is 0 Å². The van der Waals surface area contributed by atoms with Gasteiger partial charge in [0.05, 0.1) is 13.7 Å². The Labute approximate surface area is 238 Å². The van der Waals surface area contributed by atoms with Crippen molar-refractivity contribution in [2.75, 3.05) is 53.0 Å². The molecule has 5 rings (SSSR count). The number of ether oxygens (including phenoxy) is 2. The summed E-state index contributed by atoms with van der Waals surface area (Å²) in [7, 11) is 1.65. The Morgan fingerprint density at radius 1 is 0.900 bits per heavy atom. The Kier molecular flexibility index (Phi) is 9.82. The minimum atomic E-state index is 0.0581. The van der Waals surface area contributed by atoms with E-state index in [1.165, 1.54) is 11.1 Å². The lowest BCUT2D eigenvalue weighted by atomic mass is 9.99. The van der Waals surface area contributed by atoms with E-state index < -0.39 is 0 Å². The van der Waals surface area contributed by atoms with Gasteiger partial charge >= 0.3 is 0 Å². The number of piperazine rings is 1. The topological polar surface area (TPSA) is 58.1 Å². The van der Waals surface area contributed by atoms with Crippen LogP contribution in [0, 0.1) is 5.92 Å². The van der Waals surface area contributed by atoms with Crippen LogP contribution < -0.4 is 9.47 Å². The highest BCUT2D eigenvalue weighted by Gasteiger charge is 2.23. The molecule has 0 spiro atoms. The molecule has 0 unspecified atom stereocenters. The first-order valence-electron chi connectivity index (χ1n) is 14.3. The monoisotopic (exact) mass is 540 g/mol. The third kappa shape index (κ3) is 8.16. The van der Waals surface area contributed by atoms with Gasteiger partial charge in [0.1, 0.15) is 11.5 Å². The second-order valence-corrected chi connectivity index (χ2v) is 10.8. The van der Waals surface area contributed by atoms with Crippen molar-refractivity contribution in [1.29, 1.82) is 0 Å². The summed E-state index contributed by atoms with van der Waals surface area (Å²) in [5, 5.41) is 0. The molecule has 210 valence electrons. The molecule has 3 heterocycles. The number of carbonyl (C=O) groups excluding carboxylic acids is 1. The predicted molar refractivity (Wildman–Crippen MR) is 158 cm³/mol. The number of amides is 1.